The predicted molar refractivity (Wildman–Crippen MR) is 62.2 cm³/mol. The van der Waals surface area contributed by atoms with Crippen LogP contribution in [0.4, 0.5) is 4.39 Å². The monoisotopic (exact) mass is 256 g/mol. The number of aromatic nitrogens is 2. The fourth-order valence-corrected chi connectivity index (χ4v) is 1.73. The topological polar surface area (TPSA) is 25.8 Å². The summed E-state index contributed by atoms with van der Waals surface area (Å²) in [7, 11) is 0. The van der Waals surface area contributed by atoms with Crippen LogP contribution in [0.15, 0.2) is 24.3 Å². The highest BCUT2D eigenvalue weighted by atomic mass is 35.5. The molecule has 0 aliphatic rings. The molecule has 2 rings (SSSR count). The Morgan fingerprint density at radius 2 is 1.81 bits per heavy atom. The molecule has 0 unspecified atom stereocenters. The molecule has 0 amide bonds. The summed E-state index contributed by atoms with van der Waals surface area (Å²) < 4.78 is 13.6. The van der Waals surface area contributed by atoms with Gasteiger partial charge in [-0.25, -0.2) is 4.39 Å². The Morgan fingerprint density at radius 1 is 1.06 bits per heavy atom. The van der Waals surface area contributed by atoms with E-state index in [-0.39, 0.29) is 16.1 Å². The first-order chi connectivity index (χ1) is 7.58. The number of benzene rings is 1. The van der Waals surface area contributed by atoms with Gasteiger partial charge in [0.25, 0.3) is 0 Å². The molecule has 2 aromatic rings. The van der Waals surface area contributed by atoms with Crippen LogP contribution in [-0.2, 0) is 0 Å². The second-order valence-corrected chi connectivity index (χ2v) is 4.10. The Labute approximate surface area is 102 Å². The van der Waals surface area contributed by atoms with Gasteiger partial charge in [0.15, 0.2) is 10.3 Å². The Bertz CT molecular complexity index is 494. The van der Waals surface area contributed by atoms with Gasteiger partial charge >= 0.3 is 0 Å². The highest BCUT2D eigenvalue weighted by molar-refractivity contribution is 6.33. The predicted octanol–water partition coefficient (Wildman–Crippen LogP) is 3.90. The fourth-order valence-electron chi connectivity index (χ4n) is 1.39. The van der Waals surface area contributed by atoms with Gasteiger partial charge in [-0.05, 0) is 25.1 Å². The summed E-state index contributed by atoms with van der Waals surface area (Å²) in [4.78, 5) is 0. The molecule has 0 saturated heterocycles. The van der Waals surface area contributed by atoms with Gasteiger partial charge in [-0.2, -0.15) is 0 Å². The first kappa shape index (κ1) is 11.3. The highest BCUT2D eigenvalue weighted by Gasteiger charge is 2.11. The molecule has 0 aliphatic heterocycles. The molecule has 1 aromatic heterocycles. The van der Waals surface area contributed by atoms with Crippen LogP contribution in [-0.4, -0.2) is 10.2 Å². The lowest BCUT2D eigenvalue weighted by Gasteiger charge is -2.06. The average Bonchev–Trinajstić information content (AvgIpc) is 2.25. The van der Waals surface area contributed by atoms with Crippen molar-refractivity contribution in [2.75, 3.05) is 0 Å². The van der Waals surface area contributed by atoms with Gasteiger partial charge in [-0.1, -0.05) is 34.8 Å². The van der Waals surface area contributed by atoms with E-state index in [1.807, 2.05) is 6.92 Å². The number of hydrogen-bond donors (Lipinski definition) is 0. The number of rotatable bonds is 1. The van der Waals surface area contributed by atoms with E-state index in [2.05, 4.69) is 10.2 Å². The largest absolute Gasteiger partial charge is 0.206 e. The highest BCUT2D eigenvalue weighted by Crippen LogP contribution is 2.30. The molecule has 0 radical (unpaired) electrons. The third-order valence-corrected chi connectivity index (χ3v) is 2.59. The van der Waals surface area contributed by atoms with Crippen molar-refractivity contribution >= 4 is 23.2 Å². The van der Waals surface area contributed by atoms with Crippen LogP contribution >= 0.6 is 23.2 Å². The Balaban J connectivity index is 2.66. The van der Waals surface area contributed by atoms with Gasteiger partial charge in [-0.15, -0.1) is 10.2 Å². The van der Waals surface area contributed by atoms with Gasteiger partial charge in [0.05, 0.1) is 0 Å². The van der Waals surface area contributed by atoms with E-state index in [1.165, 1.54) is 12.1 Å². The van der Waals surface area contributed by atoms with Crippen molar-refractivity contribution < 1.29 is 4.39 Å². The van der Waals surface area contributed by atoms with E-state index in [9.17, 15) is 4.39 Å². The quantitative estimate of drug-likeness (QED) is 0.774. The van der Waals surface area contributed by atoms with Crippen molar-refractivity contribution in [3.63, 3.8) is 0 Å². The molecule has 16 heavy (non-hydrogen) atoms. The lowest BCUT2D eigenvalue weighted by Crippen LogP contribution is -1.91. The molecule has 1 heterocycles. The molecule has 0 N–H and O–H groups in total. The number of aryl methyl sites for hydroxylation is 1. The minimum absolute atomic E-state index is 0.133. The summed E-state index contributed by atoms with van der Waals surface area (Å²) in [6.45, 7) is 1.87. The zero-order chi connectivity index (χ0) is 11.7. The number of hydrogen-bond acceptors (Lipinski definition) is 2. The fraction of sp³-hybridized carbons (Fsp3) is 0.0909. The lowest BCUT2D eigenvalue weighted by atomic mass is 10.1. The van der Waals surface area contributed by atoms with Crippen molar-refractivity contribution in [2.45, 2.75) is 6.92 Å². The Hall–Kier alpha value is -1.19. The molecular weight excluding hydrogens is 250 g/mol. The van der Waals surface area contributed by atoms with Gasteiger partial charge in [0.1, 0.15) is 5.82 Å². The molecule has 1 aromatic carbocycles. The summed E-state index contributed by atoms with van der Waals surface area (Å²) in [5, 5.41) is 7.53. The van der Waals surface area contributed by atoms with Crippen LogP contribution in [0.1, 0.15) is 5.56 Å². The van der Waals surface area contributed by atoms with Crippen molar-refractivity contribution in [3.8, 4) is 11.1 Å². The molecule has 5 heteroatoms. The lowest BCUT2D eigenvalue weighted by molar-refractivity contribution is 0.631. The summed E-state index contributed by atoms with van der Waals surface area (Å²) in [6.07, 6.45) is 0. The third-order valence-electron chi connectivity index (χ3n) is 2.13. The summed E-state index contributed by atoms with van der Waals surface area (Å²) >= 11 is 11.6. The van der Waals surface area contributed by atoms with Crippen molar-refractivity contribution in [1.82, 2.24) is 10.2 Å². The van der Waals surface area contributed by atoms with Gasteiger partial charge < -0.3 is 0 Å². The van der Waals surface area contributed by atoms with Crippen LogP contribution in [0.2, 0.25) is 10.3 Å². The Morgan fingerprint density at radius 3 is 2.56 bits per heavy atom. The maximum absolute atomic E-state index is 13.6. The van der Waals surface area contributed by atoms with Crippen molar-refractivity contribution in [1.29, 1.82) is 0 Å². The molecule has 0 fully saturated rings. The smallest absolute Gasteiger partial charge is 0.159 e. The first-order valence-corrected chi connectivity index (χ1v) is 5.29. The van der Waals surface area contributed by atoms with E-state index >= 15 is 0 Å². The summed E-state index contributed by atoms with van der Waals surface area (Å²) in [6, 6.07) is 6.25. The van der Waals surface area contributed by atoms with Crippen LogP contribution in [0, 0.1) is 12.7 Å². The average molecular weight is 257 g/mol. The molecule has 2 nitrogen and oxygen atoms in total. The van der Waals surface area contributed by atoms with E-state index in [0.717, 1.165) is 5.56 Å². The molecule has 0 spiro atoms. The second-order valence-electron chi connectivity index (χ2n) is 3.35. The van der Waals surface area contributed by atoms with Gasteiger partial charge in [-0.3, -0.25) is 0 Å². The van der Waals surface area contributed by atoms with Crippen LogP contribution in [0.5, 0.6) is 0 Å². The maximum atomic E-state index is 13.6. The Kier molecular flexibility index (Phi) is 3.08. The van der Waals surface area contributed by atoms with Crippen molar-refractivity contribution in [3.05, 3.63) is 46.0 Å². The zero-order valence-electron chi connectivity index (χ0n) is 8.34. The number of halogens is 3. The minimum Gasteiger partial charge on any atom is -0.206 e. The van der Waals surface area contributed by atoms with E-state index in [0.29, 0.717) is 11.1 Å². The summed E-state index contributed by atoms with van der Waals surface area (Å²) in [5.74, 6) is -0.364. The molecule has 0 saturated carbocycles. The normalized spacial score (nSPS) is 10.5. The van der Waals surface area contributed by atoms with Crippen LogP contribution < -0.4 is 0 Å². The molecule has 82 valence electrons. The van der Waals surface area contributed by atoms with E-state index in [4.69, 9.17) is 23.2 Å². The molecular formula is C11H7Cl2FN2. The van der Waals surface area contributed by atoms with Gasteiger partial charge in [0.2, 0.25) is 0 Å². The molecule has 0 atom stereocenters. The third kappa shape index (κ3) is 2.15. The second kappa shape index (κ2) is 4.36. The number of nitrogens with zero attached hydrogens (tertiary/aromatic N) is 2. The van der Waals surface area contributed by atoms with Gasteiger partial charge in [0, 0.05) is 11.1 Å². The maximum Gasteiger partial charge on any atom is 0.159 e. The molecule has 0 aliphatic carbocycles. The SMILES string of the molecule is Cc1ccc(F)c(-c2cc(Cl)nnc2Cl)c1. The van der Waals surface area contributed by atoms with E-state index < -0.39 is 0 Å². The first-order valence-electron chi connectivity index (χ1n) is 4.53. The molecule has 0 bridgehead atoms. The van der Waals surface area contributed by atoms with E-state index in [1.54, 1.807) is 12.1 Å². The summed E-state index contributed by atoms with van der Waals surface area (Å²) in [5.41, 5.74) is 1.75. The van der Waals surface area contributed by atoms with Crippen LogP contribution in [0.25, 0.3) is 11.1 Å². The zero-order valence-corrected chi connectivity index (χ0v) is 9.85. The van der Waals surface area contributed by atoms with Crippen molar-refractivity contribution in [2.24, 2.45) is 0 Å². The standard InChI is InChI=1S/C11H7Cl2FN2/c1-6-2-3-9(14)7(4-6)8-5-10(12)15-16-11(8)13/h2-5H,1H3. The minimum atomic E-state index is -0.364. The van der Waals surface area contributed by atoms with Crippen LogP contribution in [0.3, 0.4) is 0 Å².